The number of halogens is 1. The second kappa shape index (κ2) is 8.54. The summed E-state index contributed by atoms with van der Waals surface area (Å²) in [6.07, 6.45) is 1.54. The molecule has 4 heteroatoms. The van der Waals surface area contributed by atoms with E-state index in [-0.39, 0.29) is 0 Å². The van der Waals surface area contributed by atoms with Crippen molar-refractivity contribution >= 4 is 17.6 Å². The van der Waals surface area contributed by atoms with Gasteiger partial charge in [-0.05, 0) is 59.9 Å². The van der Waals surface area contributed by atoms with Crippen LogP contribution >= 0.6 is 11.6 Å². The molecule has 0 aromatic heterocycles. The summed E-state index contributed by atoms with van der Waals surface area (Å²) >= 11 is 6.15. The van der Waals surface area contributed by atoms with E-state index in [2.05, 4.69) is 0 Å². The van der Waals surface area contributed by atoms with Gasteiger partial charge < -0.3 is 9.84 Å². The molecule has 1 N–H and O–H groups in total. The molecule has 0 aliphatic rings. The molecule has 0 saturated heterocycles. The quantitative estimate of drug-likeness (QED) is 0.608. The minimum atomic E-state index is -0.914. The molecule has 0 heterocycles. The molecule has 0 aliphatic carbocycles. The van der Waals surface area contributed by atoms with E-state index in [9.17, 15) is 4.79 Å². The second-order valence-electron chi connectivity index (χ2n) is 6.03. The van der Waals surface area contributed by atoms with Crippen LogP contribution in [-0.2, 0) is 19.4 Å². The Hall–Kier alpha value is -2.78. The number of rotatable bonds is 7. The van der Waals surface area contributed by atoms with Gasteiger partial charge in [0.05, 0.1) is 5.56 Å². The predicted octanol–water partition coefficient (Wildman–Crippen LogP) is 5.40. The van der Waals surface area contributed by atoms with Gasteiger partial charge in [0, 0.05) is 5.02 Å². The molecule has 0 amide bonds. The van der Waals surface area contributed by atoms with E-state index >= 15 is 0 Å². The smallest absolute Gasteiger partial charge is 0.335 e. The van der Waals surface area contributed by atoms with Crippen LogP contribution in [0.4, 0.5) is 0 Å². The molecule has 0 unspecified atom stereocenters. The largest absolute Gasteiger partial charge is 0.489 e. The maximum absolute atomic E-state index is 10.9. The monoisotopic (exact) mass is 366 g/mol. The van der Waals surface area contributed by atoms with Gasteiger partial charge in [-0.25, -0.2) is 4.79 Å². The topological polar surface area (TPSA) is 46.5 Å². The molecule has 3 aromatic carbocycles. The summed E-state index contributed by atoms with van der Waals surface area (Å²) < 4.78 is 5.98. The van der Waals surface area contributed by atoms with E-state index < -0.39 is 5.97 Å². The van der Waals surface area contributed by atoms with Gasteiger partial charge in [-0.3, -0.25) is 0 Å². The van der Waals surface area contributed by atoms with Crippen molar-refractivity contribution in [3.63, 3.8) is 0 Å². The first kappa shape index (κ1) is 18.0. The van der Waals surface area contributed by atoms with Crippen molar-refractivity contribution < 1.29 is 14.6 Å². The zero-order valence-corrected chi connectivity index (χ0v) is 14.9. The molecule has 0 aliphatic heterocycles. The molecule has 26 heavy (non-hydrogen) atoms. The second-order valence-corrected chi connectivity index (χ2v) is 6.46. The third-order valence-electron chi connectivity index (χ3n) is 4.14. The predicted molar refractivity (Wildman–Crippen MR) is 103 cm³/mol. The van der Waals surface area contributed by atoms with E-state index in [0.717, 1.165) is 35.3 Å². The molecule has 0 saturated carbocycles. The van der Waals surface area contributed by atoms with Gasteiger partial charge in [0.1, 0.15) is 12.4 Å². The number of hydrogen-bond acceptors (Lipinski definition) is 2. The summed E-state index contributed by atoms with van der Waals surface area (Å²) in [5.74, 6) is -0.0941. The van der Waals surface area contributed by atoms with Crippen molar-refractivity contribution in [2.24, 2.45) is 0 Å². The Morgan fingerprint density at radius 2 is 1.62 bits per heavy atom. The van der Waals surface area contributed by atoms with Gasteiger partial charge in [0.25, 0.3) is 0 Å². The molecular formula is C22H19ClO3. The van der Waals surface area contributed by atoms with Gasteiger partial charge in [-0.2, -0.15) is 0 Å². The number of hydrogen-bond donors (Lipinski definition) is 1. The summed E-state index contributed by atoms with van der Waals surface area (Å²) in [4.78, 5) is 10.9. The van der Waals surface area contributed by atoms with Crippen LogP contribution in [0.2, 0.25) is 5.02 Å². The van der Waals surface area contributed by atoms with Gasteiger partial charge in [0.2, 0.25) is 0 Å². The van der Waals surface area contributed by atoms with Crippen LogP contribution in [0.1, 0.15) is 27.0 Å². The van der Waals surface area contributed by atoms with Gasteiger partial charge in [-0.15, -0.1) is 0 Å². The van der Waals surface area contributed by atoms with Crippen LogP contribution in [0.5, 0.6) is 5.75 Å². The zero-order valence-electron chi connectivity index (χ0n) is 14.2. The SMILES string of the molecule is O=C(O)c1ccc(CCc2cc(Cl)ccc2OCc2ccccc2)cc1. The van der Waals surface area contributed by atoms with Gasteiger partial charge in [0.15, 0.2) is 0 Å². The highest BCUT2D eigenvalue weighted by atomic mass is 35.5. The highest BCUT2D eigenvalue weighted by molar-refractivity contribution is 6.30. The first-order valence-corrected chi connectivity index (χ1v) is 8.77. The van der Waals surface area contributed by atoms with Gasteiger partial charge >= 0.3 is 5.97 Å². The Morgan fingerprint density at radius 3 is 2.31 bits per heavy atom. The third-order valence-corrected chi connectivity index (χ3v) is 4.38. The first-order chi connectivity index (χ1) is 12.6. The number of aryl methyl sites for hydroxylation is 2. The van der Waals surface area contributed by atoms with E-state index in [1.54, 1.807) is 12.1 Å². The molecule has 0 bridgehead atoms. The number of carboxylic acids is 1. The fourth-order valence-corrected chi connectivity index (χ4v) is 2.91. The fraction of sp³-hybridized carbons (Fsp3) is 0.136. The average molecular weight is 367 g/mol. The summed E-state index contributed by atoms with van der Waals surface area (Å²) in [7, 11) is 0. The molecule has 0 radical (unpaired) electrons. The van der Waals surface area contributed by atoms with Crippen molar-refractivity contribution in [1.29, 1.82) is 0 Å². The third kappa shape index (κ3) is 4.87. The van der Waals surface area contributed by atoms with Crippen LogP contribution < -0.4 is 4.74 Å². The summed E-state index contributed by atoms with van der Waals surface area (Å²) in [6, 6.07) is 22.6. The van der Waals surface area contributed by atoms with Crippen LogP contribution in [0, 0.1) is 0 Å². The number of benzene rings is 3. The molecular weight excluding hydrogens is 348 g/mol. The van der Waals surface area contributed by atoms with E-state index in [1.165, 1.54) is 0 Å². The summed E-state index contributed by atoms with van der Waals surface area (Å²) in [6.45, 7) is 0.503. The van der Waals surface area contributed by atoms with E-state index in [0.29, 0.717) is 17.2 Å². The lowest BCUT2D eigenvalue weighted by Crippen LogP contribution is -2.01. The molecule has 132 valence electrons. The Bertz CT molecular complexity index is 874. The van der Waals surface area contributed by atoms with Gasteiger partial charge in [-0.1, -0.05) is 54.1 Å². The van der Waals surface area contributed by atoms with Crippen molar-refractivity contribution in [2.45, 2.75) is 19.4 Å². The Balaban J connectivity index is 1.68. The number of carboxylic acid groups (broad SMARTS) is 1. The van der Waals surface area contributed by atoms with Crippen molar-refractivity contribution in [3.8, 4) is 5.75 Å². The highest BCUT2D eigenvalue weighted by Gasteiger charge is 2.07. The highest BCUT2D eigenvalue weighted by Crippen LogP contribution is 2.25. The van der Waals surface area contributed by atoms with Crippen molar-refractivity contribution in [1.82, 2.24) is 0 Å². The Kier molecular flexibility index (Phi) is 5.92. The van der Waals surface area contributed by atoms with E-state index in [4.69, 9.17) is 21.4 Å². The number of carbonyl (C=O) groups is 1. The molecule has 3 aromatic rings. The van der Waals surface area contributed by atoms with Crippen LogP contribution in [0.15, 0.2) is 72.8 Å². The number of ether oxygens (including phenoxy) is 1. The van der Waals surface area contributed by atoms with E-state index in [1.807, 2.05) is 60.7 Å². The maximum atomic E-state index is 10.9. The lowest BCUT2D eigenvalue weighted by atomic mass is 10.0. The summed E-state index contributed by atoms with van der Waals surface area (Å²) in [5, 5.41) is 9.65. The average Bonchev–Trinajstić information content (AvgIpc) is 2.66. The first-order valence-electron chi connectivity index (χ1n) is 8.39. The molecule has 3 nitrogen and oxygen atoms in total. The lowest BCUT2D eigenvalue weighted by Gasteiger charge is -2.12. The van der Waals surface area contributed by atoms with Crippen LogP contribution in [-0.4, -0.2) is 11.1 Å². The summed E-state index contributed by atoms with van der Waals surface area (Å²) in [5.41, 5.74) is 3.51. The zero-order chi connectivity index (χ0) is 18.4. The Morgan fingerprint density at radius 1 is 0.885 bits per heavy atom. The molecule has 3 rings (SSSR count). The minimum absolute atomic E-state index is 0.295. The van der Waals surface area contributed by atoms with Crippen molar-refractivity contribution in [2.75, 3.05) is 0 Å². The minimum Gasteiger partial charge on any atom is -0.489 e. The maximum Gasteiger partial charge on any atom is 0.335 e. The molecule has 0 spiro atoms. The van der Waals surface area contributed by atoms with Crippen LogP contribution in [0.3, 0.4) is 0 Å². The fourth-order valence-electron chi connectivity index (χ4n) is 2.71. The lowest BCUT2D eigenvalue weighted by molar-refractivity contribution is 0.0697. The standard InChI is InChI=1S/C22H19ClO3/c23-20-12-13-21(26-15-17-4-2-1-3-5-17)19(14-20)11-8-16-6-9-18(10-7-16)22(24)25/h1-7,9-10,12-14H,8,11,15H2,(H,24,25). The van der Waals surface area contributed by atoms with Crippen molar-refractivity contribution in [3.05, 3.63) is 100 Å². The Labute approximate surface area is 157 Å². The molecule has 0 atom stereocenters. The molecule has 0 fully saturated rings. The normalized spacial score (nSPS) is 10.5. The number of aromatic carboxylic acids is 1. The van der Waals surface area contributed by atoms with Crippen LogP contribution in [0.25, 0.3) is 0 Å².